The summed E-state index contributed by atoms with van der Waals surface area (Å²) in [6, 6.07) is 3.83. The largest absolute Gasteiger partial charge is 0.337 e. The summed E-state index contributed by atoms with van der Waals surface area (Å²) < 4.78 is 0. The first kappa shape index (κ1) is 12.4. The molecule has 1 atom stereocenters. The molecule has 2 aromatic heterocycles. The Bertz CT molecular complexity index is 561. The molecule has 0 saturated carbocycles. The summed E-state index contributed by atoms with van der Waals surface area (Å²) in [6.45, 7) is 3.72. The van der Waals surface area contributed by atoms with Crippen LogP contribution in [0.15, 0.2) is 23.7 Å². The van der Waals surface area contributed by atoms with E-state index < -0.39 is 0 Å². The van der Waals surface area contributed by atoms with Gasteiger partial charge in [-0.15, -0.1) is 11.3 Å². The monoisotopic (exact) mass is 275 g/mol. The van der Waals surface area contributed by atoms with Gasteiger partial charge in [0.25, 0.3) is 5.91 Å². The van der Waals surface area contributed by atoms with Crippen LogP contribution < -0.4 is 0 Å². The van der Waals surface area contributed by atoms with Crippen molar-refractivity contribution in [2.24, 2.45) is 0 Å². The van der Waals surface area contributed by atoms with Gasteiger partial charge in [-0.3, -0.25) is 9.89 Å². The average Bonchev–Trinajstić information content (AvgIpc) is 3.09. The number of carbonyl (C=O) groups is 1. The summed E-state index contributed by atoms with van der Waals surface area (Å²) in [6.07, 6.45) is 4.03. The molecule has 5 heteroatoms. The minimum absolute atomic E-state index is 0.164. The molecule has 100 valence electrons. The highest BCUT2D eigenvalue weighted by molar-refractivity contribution is 7.12. The summed E-state index contributed by atoms with van der Waals surface area (Å²) >= 11 is 1.52. The number of hydrogen-bond acceptors (Lipinski definition) is 3. The standard InChI is InChI=1S/C14H17N3OS/c1-10-8-15-16-13(10)11-4-2-6-17(9-11)14(18)12-5-3-7-19-12/h3,5,7-8,11H,2,4,6,9H2,1H3,(H,15,16). The smallest absolute Gasteiger partial charge is 0.263 e. The van der Waals surface area contributed by atoms with Crippen LogP contribution in [0.2, 0.25) is 0 Å². The van der Waals surface area contributed by atoms with E-state index in [1.807, 2.05) is 28.6 Å². The molecule has 0 radical (unpaired) electrons. The Balaban J connectivity index is 1.75. The molecule has 3 rings (SSSR count). The van der Waals surface area contributed by atoms with E-state index >= 15 is 0 Å². The van der Waals surface area contributed by atoms with Gasteiger partial charge in [0.15, 0.2) is 0 Å². The molecule has 1 aliphatic heterocycles. The molecule has 1 aliphatic rings. The quantitative estimate of drug-likeness (QED) is 0.916. The van der Waals surface area contributed by atoms with Gasteiger partial charge in [-0.2, -0.15) is 5.10 Å². The third kappa shape index (κ3) is 2.42. The molecule has 0 aliphatic carbocycles. The molecule has 4 nitrogen and oxygen atoms in total. The van der Waals surface area contributed by atoms with Crippen LogP contribution in [0.25, 0.3) is 0 Å². The molecule has 0 aromatic carbocycles. The van der Waals surface area contributed by atoms with Crippen molar-refractivity contribution in [3.05, 3.63) is 39.8 Å². The number of aryl methyl sites for hydroxylation is 1. The van der Waals surface area contributed by atoms with Crippen molar-refractivity contribution in [3.63, 3.8) is 0 Å². The van der Waals surface area contributed by atoms with Gasteiger partial charge in [-0.1, -0.05) is 6.07 Å². The Kier molecular flexibility index (Phi) is 3.38. The molecule has 1 amide bonds. The van der Waals surface area contributed by atoms with Crippen molar-refractivity contribution in [2.75, 3.05) is 13.1 Å². The lowest BCUT2D eigenvalue weighted by atomic mass is 9.93. The molecule has 19 heavy (non-hydrogen) atoms. The van der Waals surface area contributed by atoms with Crippen molar-refractivity contribution in [1.29, 1.82) is 0 Å². The lowest BCUT2D eigenvalue weighted by Gasteiger charge is -2.32. The first-order valence-electron chi connectivity index (χ1n) is 6.58. The fourth-order valence-corrected chi connectivity index (χ4v) is 3.41. The Hall–Kier alpha value is -1.62. The Labute approximate surface area is 116 Å². The van der Waals surface area contributed by atoms with E-state index in [2.05, 4.69) is 17.1 Å². The fraction of sp³-hybridized carbons (Fsp3) is 0.429. The van der Waals surface area contributed by atoms with Crippen LogP contribution in [0.4, 0.5) is 0 Å². The molecule has 0 bridgehead atoms. The van der Waals surface area contributed by atoms with Crippen molar-refractivity contribution in [1.82, 2.24) is 15.1 Å². The number of aromatic nitrogens is 2. The van der Waals surface area contributed by atoms with Gasteiger partial charge in [-0.25, -0.2) is 0 Å². The van der Waals surface area contributed by atoms with E-state index in [1.165, 1.54) is 22.6 Å². The number of aromatic amines is 1. The van der Waals surface area contributed by atoms with Gasteiger partial charge in [0.1, 0.15) is 0 Å². The fourth-order valence-electron chi connectivity index (χ4n) is 2.72. The van der Waals surface area contributed by atoms with Crippen LogP contribution in [-0.2, 0) is 0 Å². The average molecular weight is 275 g/mol. The normalized spacial score (nSPS) is 19.6. The zero-order valence-corrected chi connectivity index (χ0v) is 11.7. The predicted octanol–water partition coefficient (Wildman–Crippen LogP) is 2.80. The van der Waals surface area contributed by atoms with Crippen LogP contribution in [0.3, 0.4) is 0 Å². The maximum Gasteiger partial charge on any atom is 0.263 e. The zero-order valence-electron chi connectivity index (χ0n) is 10.9. The minimum Gasteiger partial charge on any atom is -0.337 e. The first-order valence-corrected chi connectivity index (χ1v) is 7.46. The van der Waals surface area contributed by atoms with E-state index in [0.29, 0.717) is 5.92 Å². The highest BCUT2D eigenvalue weighted by Gasteiger charge is 2.27. The Morgan fingerprint density at radius 1 is 1.58 bits per heavy atom. The molecule has 1 saturated heterocycles. The first-order chi connectivity index (χ1) is 9.25. The van der Waals surface area contributed by atoms with Gasteiger partial charge < -0.3 is 4.90 Å². The molecule has 3 heterocycles. The van der Waals surface area contributed by atoms with E-state index in [9.17, 15) is 4.79 Å². The molecular formula is C14H17N3OS. The van der Waals surface area contributed by atoms with Crippen LogP contribution in [0.1, 0.15) is 39.7 Å². The number of likely N-dealkylation sites (tertiary alicyclic amines) is 1. The van der Waals surface area contributed by atoms with Gasteiger partial charge in [-0.05, 0) is 36.8 Å². The van der Waals surface area contributed by atoms with Crippen molar-refractivity contribution in [3.8, 4) is 0 Å². The number of hydrogen-bond donors (Lipinski definition) is 1. The van der Waals surface area contributed by atoms with E-state index in [0.717, 1.165) is 30.8 Å². The van der Waals surface area contributed by atoms with Crippen LogP contribution in [0, 0.1) is 6.92 Å². The second-order valence-electron chi connectivity index (χ2n) is 5.03. The maximum absolute atomic E-state index is 12.4. The topological polar surface area (TPSA) is 49.0 Å². The number of nitrogens with zero attached hydrogens (tertiary/aromatic N) is 2. The van der Waals surface area contributed by atoms with Gasteiger partial charge in [0.2, 0.25) is 0 Å². The second-order valence-corrected chi connectivity index (χ2v) is 5.98. The summed E-state index contributed by atoms with van der Waals surface area (Å²) in [5, 5.41) is 9.13. The van der Waals surface area contributed by atoms with Crippen molar-refractivity contribution >= 4 is 17.2 Å². The number of nitrogens with one attached hydrogen (secondary N) is 1. The van der Waals surface area contributed by atoms with Gasteiger partial charge in [0.05, 0.1) is 11.1 Å². The van der Waals surface area contributed by atoms with E-state index in [4.69, 9.17) is 0 Å². The summed E-state index contributed by atoms with van der Waals surface area (Å²) in [5.41, 5.74) is 2.37. The summed E-state index contributed by atoms with van der Waals surface area (Å²) in [4.78, 5) is 15.2. The summed E-state index contributed by atoms with van der Waals surface area (Å²) in [7, 11) is 0. The third-order valence-electron chi connectivity index (χ3n) is 3.72. The predicted molar refractivity (Wildman–Crippen MR) is 75.5 cm³/mol. The molecular weight excluding hydrogens is 258 g/mol. The van der Waals surface area contributed by atoms with Crippen LogP contribution >= 0.6 is 11.3 Å². The molecule has 0 spiro atoms. The number of thiophene rings is 1. The number of amides is 1. The van der Waals surface area contributed by atoms with Gasteiger partial charge in [0, 0.05) is 24.7 Å². The SMILES string of the molecule is Cc1cn[nH]c1C1CCCN(C(=O)c2cccs2)C1. The van der Waals surface area contributed by atoms with Crippen LogP contribution in [0.5, 0.6) is 0 Å². The summed E-state index contributed by atoms with van der Waals surface area (Å²) in [5.74, 6) is 0.553. The van der Waals surface area contributed by atoms with Crippen LogP contribution in [-0.4, -0.2) is 34.1 Å². The molecule has 1 fully saturated rings. The Morgan fingerprint density at radius 3 is 3.16 bits per heavy atom. The van der Waals surface area contributed by atoms with Gasteiger partial charge >= 0.3 is 0 Å². The highest BCUT2D eigenvalue weighted by atomic mass is 32.1. The Morgan fingerprint density at radius 2 is 2.47 bits per heavy atom. The maximum atomic E-state index is 12.4. The third-order valence-corrected chi connectivity index (χ3v) is 4.57. The minimum atomic E-state index is 0.164. The highest BCUT2D eigenvalue weighted by Crippen LogP contribution is 2.28. The lowest BCUT2D eigenvalue weighted by Crippen LogP contribution is -2.39. The zero-order chi connectivity index (χ0) is 13.2. The lowest BCUT2D eigenvalue weighted by molar-refractivity contribution is 0.0710. The molecule has 2 aromatic rings. The van der Waals surface area contributed by atoms with Crippen molar-refractivity contribution in [2.45, 2.75) is 25.7 Å². The molecule has 1 unspecified atom stereocenters. The van der Waals surface area contributed by atoms with Crippen molar-refractivity contribution < 1.29 is 4.79 Å². The number of carbonyl (C=O) groups excluding carboxylic acids is 1. The number of piperidine rings is 1. The molecule has 1 N–H and O–H groups in total. The second kappa shape index (κ2) is 5.17. The number of H-pyrrole nitrogens is 1. The van der Waals surface area contributed by atoms with E-state index in [1.54, 1.807) is 0 Å². The van der Waals surface area contributed by atoms with E-state index in [-0.39, 0.29) is 5.91 Å². The number of rotatable bonds is 2.